The minimum atomic E-state index is -0.503. The van der Waals surface area contributed by atoms with Crippen LogP contribution in [0, 0.1) is 11.2 Å². The molecule has 1 aliphatic carbocycles. The Hall–Kier alpha value is -2.19. The molecule has 8 heteroatoms. The van der Waals surface area contributed by atoms with E-state index in [0.717, 1.165) is 39.3 Å². The predicted octanol–water partition coefficient (Wildman–Crippen LogP) is 1.70. The van der Waals surface area contributed by atoms with Crippen molar-refractivity contribution in [2.75, 3.05) is 49.5 Å². The fraction of sp³-hybridized carbons (Fsp3) is 0.652. The first-order valence-electron chi connectivity index (χ1n) is 11.6. The molecule has 0 aromatic heterocycles. The monoisotopic (exact) mass is 429 g/mol. The van der Waals surface area contributed by atoms with E-state index in [0.29, 0.717) is 35.7 Å². The Kier molecular flexibility index (Phi) is 5.60. The number of hydrogen-bond donors (Lipinski definition) is 3. The summed E-state index contributed by atoms with van der Waals surface area (Å²) in [6.07, 6.45) is 6.00. The normalized spacial score (nSPS) is 27.1. The molecule has 1 aromatic rings. The zero-order chi connectivity index (χ0) is 21.4. The van der Waals surface area contributed by atoms with Crippen LogP contribution >= 0.6 is 0 Å². The quantitative estimate of drug-likeness (QED) is 0.633. The van der Waals surface area contributed by atoms with Crippen LogP contribution in [0.3, 0.4) is 0 Å². The average molecular weight is 430 g/mol. The number of imide groups is 1. The maximum Gasteiger partial charge on any atom is 0.249 e. The van der Waals surface area contributed by atoms with Crippen LogP contribution in [-0.4, -0.2) is 68.1 Å². The second-order valence-electron chi connectivity index (χ2n) is 9.65. The van der Waals surface area contributed by atoms with Gasteiger partial charge < -0.3 is 15.5 Å². The molecule has 0 radical (unpaired) electrons. The van der Waals surface area contributed by atoms with Crippen LogP contribution in [0.15, 0.2) is 18.2 Å². The van der Waals surface area contributed by atoms with Gasteiger partial charge in [-0.3, -0.25) is 19.8 Å². The molecule has 0 bridgehead atoms. The Morgan fingerprint density at radius 2 is 1.81 bits per heavy atom. The zero-order valence-electron chi connectivity index (χ0n) is 18.0. The molecule has 1 unspecified atom stereocenters. The van der Waals surface area contributed by atoms with Gasteiger partial charge in [0.15, 0.2) is 0 Å². The molecular weight excluding hydrogens is 397 g/mol. The second kappa shape index (κ2) is 8.39. The molecule has 3 saturated heterocycles. The number of nitrogens with one attached hydrogen (secondary N) is 3. The van der Waals surface area contributed by atoms with Crippen molar-refractivity contribution in [1.29, 1.82) is 0 Å². The molecule has 3 heterocycles. The van der Waals surface area contributed by atoms with Crippen LogP contribution in [0.25, 0.3) is 0 Å². The third-order valence-corrected chi connectivity index (χ3v) is 7.70. The van der Waals surface area contributed by atoms with Crippen LogP contribution in [0.1, 0.15) is 38.5 Å². The van der Waals surface area contributed by atoms with Gasteiger partial charge in [-0.15, -0.1) is 0 Å². The second-order valence-corrected chi connectivity index (χ2v) is 9.65. The highest BCUT2D eigenvalue weighted by Gasteiger charge is 2.46. The van der Waals surface area contributed by atoms with Crippen molar-refractivity contribution in [1.82, 2.24) is 15.5 Å². The number of carbonyl (C=O) groups excluding carboxylic acids is 2. The van der Waals surface area contributed by atoms with Gasteiger partial charge in [-0.1, -0.05) is 0 Å². The standard InChI is InChI=1S/C23H32FN5O2/c24-18-13-16(26-19-2-4-21(30)27-22(19)31)1-3-20(18)29-11-9-28(10-12-29)17-14-23(15-17)5-7-25-8-6-23/h1,3,13,17,19,25-26H,2,4-12,14-15H2,(H,27,30,31). The van der Waals surface area contributed by atoms with E-state index in [4.69, 9.17) is 0 Å². The van der Waals surface area contributed by atoms with Crippen molar-refractivity contribution in [2.24, 2.45) is 5.41 Å². The summed E-state index contributed by atoms with van der Waals surface area (Å²) in [6.45, 7) is 5.95. The Balaban J connectivity index is 1.14. The molecule has 4 aliphatic rings. The van der Waals surface area contributed by atoms with E-state index in [9.17, 15) is 14.0 Å². The predicted molar refractivity (Wildman–Crippen MR) is 118 cm³/mol. The fourth-order valence-corrected chi connectivity index (χ4v) is 5.78. The Morgan fingerprint density at radius 3 is 2.48 bits per heavy atom. The fourth-order valence-electron chi connectivity index (χ4n) is 5.78. The molecular formula is C23H32FN5O2. The van der Waals surface area contributed by atoms with Crippen molar-refractivity contribution in [3.8, 4) is 0 Å². The molecule has 3 aliphatic heterocycles. The number of benzene rings is 1. The lowest BCUT2D eigenvalue weighted by atomic mass is 9.60. The van der Waals surface area contributed by atoms with Crippen molar-refractivity contribution in [3.05, 3.63) is 24.0 Å². The van der Waals surface area contributed by atoms with Gasteiger partial charge in [-0.25, -0.2) is 4.39 Å². The molecule has 1 saturated carbocycles. The van der Waals surface area contributed by atoms with Crippen LogP contribution in [0.4, 0.5) is 15.8 Å². The Morgan fingerprint density at radius 1 is 1.06 bits per heavy atom. The number of amides is 2. The number of anilines is 2. The minimum Gasteiger partial charge on any atom is -0.374 e. The average Bonchev–Trinajstić information content (AvgIpc) is 2.75. The molecule has 3 N–H and O–H groups in total. The van der Waals surface area contributed by atoms with Crippen molar-refractivity contribution >= 4 is 23.2 Å². The van der Waals surface area contributed by atoms with Crippen LogP contribution < -0.4 is 20.9 Å². The van der Waals surface area contributed by atoms with Gasteiger partial charge in [0.2, 0.25) is 11.8 Å². The van der Waals surface area contributed by atoms with Crippen molar-refractivity contribution < 1.29 is 14.0 Å². The molecule has 1 spiro atoms. The molecule has 4 fully saturated rings. The van der Waals surface area contributed by atoms with E-state index in [2.05, 4.69) is 25.8 Å². The highest BCUT2D eigenvalue weighted by molar-refractivity contribution is 6.01. The molecule has 7 nitrogen and oxygen atoms in total. The van der Waals surface area contributed by atoms with Gasteiger partial charge in [0, 0.05) is 44.3 Å². The summed E-state index contributed by atoms with van der Waals surface area (Å²) >= 11 is 0. The molecule has 1 aromatic carbocycles. The summed E-state index contributed by atoms with van der Waals surface area (Å²) < 4.78 is 14.9. The minimum absolute atomic E-state index is 0.253. The van der Waals surface area contributed by atoms with Gasteiger partial charge in [-0.05, 0) is 68.8 Å². The van der Waals surface area contributed by atoms with Crippen LogP contribution in [-0.2, 0) is 9.59 Å². The Labute approximate surface area is 182 Å². The first-order valence-corrected chi connectivity index (χ1v) is 11.6. The number of piperazine rings is 1. The van der Waals surface area contributed by atoms with Gasteiger partial charge in [0.05, 0.1) is 5.69 Å². The van der Waals surface area contributed by atoms with E-state index >= 15 is 0 Å². The summed E-state index contributed by atoms with van der Waals surface area (Å²) in [5.41, 5.74) is 1.78. The SMILES string of the molecule is O=C1CCC(Nc2ccc(N3CCN(C4CC5(CCNCC5)C4)CC3)c(F)c2)C(=O)N1. The van der Waals surface area contributed by atoms with Gasteiger partial charge in [-0.2, -0.15) is 0 Å². The van der Waals surface area contributed by atoms with Crippen LogP contribution in [0.2, 0.25) is 0 Å². The van der Waals surface area contributed by atoms with E-state index < -0.39 is 6.04 Å². The lowest BCUT2D eigenvalue weighted by Gasteiger charge is -2.55. The molecule has 1 atom stereocenters. The van der Waals surface area contributed by atoms with E-state index in [1.807, 2.05) is 6.07 Å². The number of carbonyl (C=O) groups is 2. The largest absolute Gasteiger partial charge is 0.374 e. The lowest BCUT2D eigenvalue weighted by molar-refractivity contribution is -0.133. The number of nitrogens with zero attached hydrogens (tertiary/aromatic N) is 2. The molecule has 2 amide bonds. The van der Waals surface area contributed by atoms with Crippen molar-refractivity contribution in [2.45, 2.75) is 50.6 Å². The van der Waals surface area contributed by atoms with Gasteiger partial charge >= 0.3 is 0 Å². The molecule has 5 rings (SSSR count). The smallest absolute Gasteiger partial charge is 0.249 e. The number of rotatable bonds is 4. The first-order chi connectivity index (χ1) is 15.0. The van der Waals surface area contributed by atoms with E-state index in [1.165, 1.54) is 31.7 Å². The molecule has 31 heavy (non-hydrogen) atoms. The highest BCUT2D eigenvalue weighted by atomic mass is 19.1. The zero-order valence-corrected chi connectivity index (χ0v) is 18.0. The highest BCUT2D eigenvalue weighted by Crippen LogP contribution is 2.50. The number of hydrogen-bond acceptors (Lipinski definition) is 6. The maximum atomic E-state index is 14.9. The van der Waals surface area contributed by atoms with Crippen molar-refractivity contribution in [3.63, 3.8) is 0 Å². The summed E-state index contributed by atoms with van der Waals surface area (Å²) in [7, 11) is 0. The summed E-state index contributed by atoms with van der Waals surface area (Å²) in [4.78, 5) is 27.9. The Bertz CT molecular complexity index is 840. The topological polar surface area (TPSA) is 76.7 Å². The van der Waals surface area contributed by atoms with Gasteiger partial charge in [0.25, 0.3) is 0 Å². The summed E-state index contributed by atoms with van der Waals surface area (Å²) in [6, 6.07) is 5.27. The summed E-state index contributed by atoms with van der Waals surface area (Å²) in [5.74, 6) is -0.876. The third-order valence-electron chi connectivity index (χ3n) is 7.70. The number of piperidine rings is 2. The number of halogens is 1. The molecule has 168 valence electrons. The van der Waals surface area contributed by atoms with E-state index in [-0.39, 0.29) is 17.6 Å². The third kappa shape index (κ3) is 4.28. The van der Waals surface area contributed by atoms with Gasteiger partial charge in [0.1, 0.15) is 11.9 Å². The first kappa shape index (κ1) is 20.7. The lowest BCUT2D eigenvalue weighted by Crippen LogP contribution is -2.58. The maximum absolute atomic E-state index is 14.9. The van der Waals surface area contributed by atoms with Crippen LogP contribution in [0.5, 0.6) is 0 Å². The summed E-state index contributed by atoms with van der Waals surface area (Å²) in [5, 5.41) is 8.84. The van der Waals surface area contributed by atoms with E-state index in [1.54, 1.807) is 6.07 Å².